The van der Waals surface area contributed by atoms with Gasteiger partial charge in [-0.1, -0.05) is 18.2 Å². The quantitative estimate of drug-likeness (QED) is 0.482. The van der Waals surface area contributed by atoms with Crippen molar-refractivity contribution in [3.05, 3.63) is 35.5 Å². The lowest BCUT2D eigenvalue weighted by atomic mass is 9.98. The van der Waals surface area contributed by atoms with E-state index in [1.807, 2.05) is 6.92 Å². The molecule has 0 amide bonds. The number of rotatable bonds is 5. The number of hydrogen-bond acceptors (Lipinski definition) is 3. The van der Waals surface area contributed by atoms with Crippen molar-refractivity contribution in [2.45, 2.75) is 33.1 Å². The summed E-state index contributed by atoms with van der Waals surface area (Å²) in [5, 5.41) is 4.74. The number of hydrogen-bond donors (Lipinski definition) is 2. The third-order valence-corrected chi connectivity index (χ3v) is 5.24. The number of carbonyl (C=O) groups is 1. The monoisotopic (exact) mass is 370 g/mol. The van der Waals surface area contributed by atoms with Crippen molar-refractivity contribution in [3.63, 3.8) is 0 Å². The van der Waals surface area contributed by atoms with Crippen LogP contribution in [0.25, 0.3) is 10.9 Å². The Labute approximate surface area is 161 Å². The lowest BCUT2D eigenvalue weighted by Crippen LogP contribution is -2.48. The summed E-state index contributed by atoms with van der Waals surface area (Å²) in [4.78, 5) is 22.0. The summed E-state index contributed by atoms with van der Waals surface area (Å²) < 4.78 is 5.19. The van der Waals surface area contributed by atoms with Crippen LogP contribution < -0.4 is 5.32 Å². The van der Waals surface area contributed by atoms with Crippen LogP contribution in [0, 0.1) is 12.8 Å². The maximum Gasteiger partial charge on any atom is 0.310 e. The third kappa shape index (κ3) is 4.43. The van der Waals surface area contributed by atoms with Gasteiger partial charge < -0.3 is 19.9 Å². The molecule has 0 spiro atoms. The predicted octanol–water partition coefficient (Wildman–Crippen LogP) is 2.87. The Morgan fingerprint density at radius 1 is 1.44 bits per heavy atom. The fourth-order valence-corrected chi connectivity index (χ4v) is 3.83. The molecular formula is C21H30N4O2. The molecule has 0 radical (unpaired) electrons. The van der Waals surface area contributed by atoms with Gasteiger partial charge in [0.25, 0.3) is 0 Å². The van der Waals surface area contributed by atoms with E-state index in [1.165, 1.54) is 22.0 Å². The number of esters is 1. The first-order valence-corrected chi connectivity index (χ1v) is 9.81. The van der Waals surface area contributed by atoms with E-state index in [1.54, 1.807) is 7.05 Å². The Morgan fingerprint density at radius 3 is 3.07 bits per heavy atom. The van der Waals surface area contributed by atoms with E-state index in [0.717, 1.165) is 38.3 Å². The Balaban J connectivity index is 1.57. The van der Waals surface area contributed by atoms with Crippen LogP contribution in [0.4, 0.5) is 0 Å². The lowest BCUT2D eigenvalue weighted by molar-refractivity contribution is -0.149. The highest BCUT2D eigenvalue weighted by Crippen LogP contribution is 2.21. The van der Waals surface area contributed by atoms with Crippen LogP contribution in [-0.2, 0) is 16.0 Å². The first-order chi connectivity index (χ1) is 13.1. The van der Waals surface area contributed by atoms with E-state index in [0.29, 0.717) is 13.2 Å². The number of aromatic nitrogens is 1. The van der Waals surface area contributed by atoms with Gasteiger partial charge in [0.1, 0.15) is 0 Å². The van der Waals surface area contributed by atoms with Crippen LogP contribution in [0.2, 0.25) is 0 Å². The molecule has 2 N–H and O–H groups in total. The fraction of sp³-hybridized carbons (Fsp3) is 0.524. The number of benzene rings is 1. The lowest BCUT2D eigenvalue weighted by Gasteiger charge is -2.33. The van der Waals surface area contributed by atoms with Gasteiger partial charge in [0.15, 0.2) is 5.96 Å². The normalized spacial score (nSPS) is 18.0. The van der Waals surface area contributed by atoms with Gasteiger partial charge in [-0.25, -0.2) is 0 Å². The molecule has 1 aliphatic rings. The van der Waals surface area contributed by atoms with Crippen LogP contribution in [0.3, 0.4) is 0 Å². The number of ether oxygens (including phenoxy) is 1. The number of carbonyl (C=O) groups excluding carboxylic acids is 1. The molecule has 1 unspecified atom stereocenters. The molecular weight excluding hydrogens is 340 g/mol. The molecule has 1 aromatic carbocycles. The van der Waals surface area contributed by atoms with Crippen LogP contribution in [0.5, 0.6) is 0 Å². The van der Waals surface area contributed by atoms with E-state index in [4.69, 9.17) is 4.74 Å². The topological polar surface area (TPSA) is 69.7 Å². The van der Waals surface area contributed by atoms with Crippen molar-refractivity contribution in [1.29, 1.82) is 0 Å². The predicted molar refractivity (Wildman–Crippen MR) is 109 cm³/mol. The number of nitrogens with zero attached hydrogens (tertiary/aromatic N) is 2. The standard InChI is InChI=1S/C21H30N4O2/c1-4-27-20(26)17-8-6-12-25(14-17)21(22-3)23-11-10-16-13-24-19-15(2)7-5-9-18(16)19/h5,7,9,13,17,24H,4,6,8,10-12,14H2,1-3H3,(H,22,23). The average Bonchev–Trinajstić information content (AvgIpc) is 3.10. The van der Waals surface area contributed by atoms with Gasteiger partial charge in [0, 0.05) is 43.8 Å². The van der Waals surface area contributed by atoms with E-state index in [-0.39, 0.29) is 11.9 Å². The maximum absolute atomic E-state index is 12.1. The molecule has 1 fully saturated rings. The molecule has 2 heterocycles. The van der Waals surface area contributed by atoms with E-state index in [9.17, 15) is 4.79 Å². The minimum atomic E-state index is -0.0909. The van der Waals surface area contributed by atoms with Crippen LogP contribution in [0.15, 0.2) is 29.4 Å². The zero-order valence-electron chi connectivity index (χ0n) is 16.5. The second-order valence-electron chi connectivity index (χ2n) is 7.07. The summed E-state index contributed by atoms with van der Waals surface area (Å²) >= 11 is 0. The zero-order valence-corrected chi connectivity index (χ0v) is 16.5. The highest BCUT2D eigenvalue weighted by Gasteiger charge is 2.28. The summed E-state index contributed by atoms with van der Waals surface area (Å²) in [5.74, 6) is 0.709. The smallest absolute Gasteiger partial charge is 0.310 e. The highest BCUT2D eigenvalue weighted by molar-refractivity contribution is 5.86. The van der Waals surface area contributed by atoms with Crippen molar-refractivity contribution in [3.8, 4) is 0 Å². The van der Waals surface area contributed by atoms with Crippen LogP contribution in [0.1, 0.15) is 30.9 Å². The molecule has 0 saturated carbocycles. The van der Waals surface area contributed by atoms with E-state index < -0.39 is 0 Å². The van der Waals surface area contributed by atoms with Gasteiger partial charge in [-0.3, -0.25) is 9.79 Å². The Hall–Kier alpha value is -2.50. The van der Waals surface area contributed by atoms with Gasteiger partial charge in [-0.2, -0.15) is 0 Å². The number of nitrogens with one attached hydrogen (secondary N) is 2. The molecule has 27 heavy (non-hydrogen) atoms. The third-order valence-electron chi connectivity index (χ3n) is 5.24. The van der Waals surface area contributed by atoms with Gasteiger partial charge in [0.2, 0.25) is 0 Å². The number of aryl methyl sites for hydroxylation is 1. The Morgan fingerprint density at radius 2 is 2.30 bits per heavy atom. The van der Waals surface area contributed by atoms with Gasteiger partial charge >= 0.3 is 5.97 Å². The summed E-state index contributed by atoms with van der Waals surface area (Å²) in [7, 11) is 1.80. The number of para-hydroxylation sites is 1. The first kappa shape index (κ1) is 19.3. The van der Waals surface area contributed by atoms with E-state index in [2.05, 4.69) is 51.5 Å². The minimum Gasteiger partial charge on any atom is -0.466 e. The van der Waals surface area contributed by atoms with Gasteiger partial charge in [-0.15, -0.1) is 0 Å². The number of fused-ring (bicyclic) bond motifs is 1. The van der Waals surface area contributed by atoms with Crippen molar-refractivity contribution in [2.75, 3.05) is 33.3 Å². The number of piperidine rings is 1. The Kier molecular flexibility index (Phi) is 6.37. The molecule has 6 heteroatoms. The molecule has 1 atom stereocenters. The number of aliphatic imine (C=N–C) groups is 1. The molecule has 1 aliphatic heterocycles. The minimum absolute atomic E-state index is 0.0613. The molecule has 1 saturated heterocycles. The molecule has 0 bridgehead atoms. The fourth-order valence-electron chi connectivity index (χ4n) is 3.83. The molecule has 3 rings (SSSR count). The van der Waals surface area contributed by atoms with Crippen molar-refractivity contribution in [2.24, 2.45) is 10.9 Å². The van der Waals surface area contributed by atoms with Crippen LogP contribution >= 0.6 is 0 Å². The molecule has 146 valence electrons. The second kappa shape index (κ2) is 8.93. The summed E-state index contributed by atoms with van der Waals surface area (Å²) in [6.45, 7) is 6.80. The summed E-state index contributed by atoms with van der Waals surface area (Å²) in [5.41, 5.74) is 3.78. The first-order valence-electron chi connectivity index (χ1n) is 9.81. The van der Waals surface area contributed by atoms with E-state index >= 15 is 0 Å². The second-order valence-corrected chi connectivity index (χ2v) is 7.07. The number of guanidine groups is 1. The number of aromatic amines is 1. The molecule has 2 aromatic rings. The van der Waals surface area contributed by atoms with Crippen LogP contribution in [-0.4, -0.2) is 55.1 Å². The summed E-state index contributed by atoms with van der Waals surface area (Å²) in [6.07, 6.45) is 4.88. The van der Waals surface area contributed by atoms with Crippen molar-refractivity contribution in [1.82, 2.24) is 15.2 Å². The summed E-state index contributed by atoms with van der Waals surface area (Å²) in [6, 6.07) is 6.39. The van der Waals surface area contributed by atoms with Crippen molar-refractivity contribution < 1.29 is 9.53 Å². The highest BCUT2D eigenvalue weighted by atomic mass is 16.5. The maximum atomic E-state index is 12.1. The van der Waals surface area contributed by atoms with Crippen molar-refractivity contribution >= 4 is 22.8 Å². The number of likely N-dealkylation sites (tertiary alicyclic amines) is 1. The van der Waals surface area contributed by atoms with Gasteiger partial charge in [0.05, 0.1) is 12.5 Å². The largest absolute Gasteiger partial charge is 0.466 e. The Bertz CT molecular complexity index is 812. The molecule has 0 aliphatic carbocycles. The zero-order chi connectivity index (χ0) is 19.2. The molecule has 6 nitrogen and oxygen atoms in total. The van der Waals surface area contributed by atoms with Gasteiger partial charge in [-0.05, 0) is 44.2 Å². The molecule has 1 aromatic heterocycles. The average molecular weight is 370 g/mol. The number of H-pyrrole nitrogens is 1. The SMILES string of the molecule is CCOC(=O)C1CCCN(C(=NC)NCCc2c[nH]c3c(C)cccc23)C1.